The first-order valence-electron chi connectivity index (χ1n) is 11.0. The Labute approximate surface area is 175 Å². The third-order valence-corrected chi connectivity index (χ3v) is 4.14. The van der Waals surface area contributed by atoms with E-state index in [1.165, 1.54) is 52.7 Å². The van der Waals surface area contributed by atoms with E-state index < -0.39 is 0 Å². The maximum Gasteiger partial charge on any atom is 0.132 e. The molecule has 0 spiro atoms. The maximum atomic E-state index is 10.4. The highest BCUT2D eigenvalue weighted by atomic mass is 16.6. The quantitative estimate of drug-likeness (QED) is 0.377. The average molecular weight is 407 g/mol. The molecule has 0 aromatic rings. The van der Waals surface area contributed by atoms with Gasteiger partial charge >= 0.3 is 0 Å². The molecule has 6 heteroatoms. The Morgan fingerprint density at radius 3 is 1.71 bits per heavy atom. The van der Waals surface area contributed by atoms with Gasteiger partial charge in [-0.05, 0) is 45.6 Å². The first kappa shape index (κ1) is 34.7. The molecule has 0 aliphatic heterocycles. The average Bonchev–Trinajstić information content (AvgIpc) is 2.70. The van der Waals surface area contributed by atoms with Crippen molar-refractivity contribution in [2.24, 2.45) is 23.5 Å². The number of hydrogen-bond acceptors (Lipinski definition) is 6. The zero-order chi connectivity index (χ0) is 22.6. The molecule has 4 N–H and O–H groups in total. The predicted molar refractivity (Wildman–Crippen MR) is 120 cm³/mol. The van der Waals surface area contributed by atoms with Gasteiger partial charge in [0, 0.05) is 18.9 Å². The largest absolute Gasteiger partial charge is 0.381 e. The summed E-state index contributed by atoms with van der Waals surface area (Å²) in [6, 6.07) is 0. The van der Waals surface area contributed by atoms with Gasteiger partial charge in [-0.3, -0.25) is 4.79 Å². The van der Waals surface area contributed by atoms with Crippen LogP contribution in [0.1, 0.15) is 92.4 Å². The van der Waals surface area contributed by atoms with Crippen LogP contribution in [0.25, 0.3) is 0 Å². The molecule has 0 saturated heterocycles. The Morgan fingerprint density at radius 2 is 1.43 bits per heavy atom. The van der Waals surface area contributed by atoms with Crippen LogP contribution < -0.4 is 11.6 Å². The predicted octanol–water partition coefficient (Wildman–Crippen LogP) is 4.68. The van der Waals surface area contributed by atoms with Crippen molar-refractivity contribution < 1.29 is 19.2 Å². The number of carbonyl (C=O) groups is 2. The van der Waals surface area contributed by atoms with Crippen LogP contribution in [-0.2, 0) is 19.2 Å². The van der Waals surface area contributed by atoms with E-state index in [2.05, 4.69) is 16.5 Å². The Hall–Kier alpha value is -0.820. The van der Waals surface area contributed by atoms with Crippen molar-refractivity contribution in [3.05, 3.63) is 0 Å². The minimum Gasteiger partial charge on any atom is -0.381 e. The molecular weight excluding hydrogens is 356 g/mol. The molecule has 0 amide bonds. The van der Waals surface area contributed by atoms with Crippen molar-refractivity contribution in [3.8, 4) is 0 Å². The van der Waals surface area contributed by atoms with Gasteiger partial charge in [-0.15, -0.1) is 0 Å². The van der Waals surface area contributed by atoms with E-state index >= 15 is 0 Å². The van der Waals surface area contributed by atoms with Crippen molar-refractivity contribution in [1.29, 1.82) is 0 Å². The minimum atomic E-state index is 0.381. The van der Waals surface area contributed by atoms with E-state index in [4.69, 9.17) is 4.74 Å². The summed E-state index contributed by atoms with van der Waals surface area (Å²) < 4.78 is 5.38. The first-order valence-corrected chi connectivity index (χ1v) is 11.0. The molecule has 0 aromatic heterocycles. The lowest BCUT2D eigenvalue weighted by Crippen LogP contribution is -2.18. The number of carbonyl (C=O) groups excluding carboxylic acids is 2. The normalized spacial score (nSPS) is 14.9. The molecule has 172 valence electrons. The van der Waals surface area contributed by atoms with Crippen LogP contribution in [0.3, 0.4) is 0 Å². The van der Waals surface area contributed by atoms with Crippen molar-refractivity contribution in [2.75, 3.05) is 27.4 Å². The minimum absolute atomic E-state index is 0.381. The van der Waals surface area contributed by atoms with Crippen LogP contribution in [0.15, 0.2) is 0 Å². The van der Waals surface area contributed by atoms with Crippen molar-refractivity contribution in [1.82, 2.24) is 0 Å². The Morgan fingerprint density at radius 1 is 0.964 bits per heavy atom. The van der Waals surface area contributed by atoms with Gasteiger partial charge in [0.25, 0.3) is 0 Å². The van der Waals surface area contributed by atoms with Gasteiger partial charge in [0.1, 0.15) is 12.1 Å². The van der Waals surface area contributed by atoms with Gasteiger partial charge < -0.3 is 20.1 Å². The summed E-state index contributed by atoms with van der Waals surface area (Å²) in [6.45, 7) is 11.2. The van der Waals surface area contributed by atoms with E-state index in [1.54, 1.807) is 6.92 Å². The Bertz CT molecular complexity index is 280. The number of ketones is 1. The van der Waals surface area contributed by atoms with Gasteiger partial charge in [0.2, 0.25) is 0 Å². The van der Waals surface area contributed by atoms with Crippen LogP contribution in [0.2, 0.25) is 0 Å². The lowest BCUT2D eigenvalue weighted by molar-refractivity contribution is -0.123. The van der Waals surface area contributed by atoms with Gasteiger partial charge in [0.05, 0.1) is 13.7 Å². The van der Waals surface area contributed by atoms with Crippen LogP contribution >= 0.6 is 0 Å². The highest BCUT2D eigenvalue weighted by Crippen LogP contribution is 2.26. The smallest absolute Gasteiger partial charge is 0.132 e. The molecule has 0 radical (unpaired) electrons. The molecule has 6 nitrogen and oxygen atoms in total. The zero-order valence-electron chi connectivity index (χ0n) is 19.8. The summed E-state index contributed by atoms with van der Waals surface area (Å²) in [5.74, 6) is 5.94. The molecule has 2 rings (SSSR count). The van der Waals surface area contributed by atoms with Crippen molar-refractivity contribution >= 4 is 12.1 Å². The summed E-state index contributed by atoms with van der Waals surface area (Å²) in [5, 5.41) is 0. The fourth-order valence-corrected chi connectivity index (χ4v) is 2.55. The SMILES string of the molecule is CC.CC.CC(=O)C1CCC1.CN.CON.O=CCCOCC1CCCCC1. The monoisotopic (exact) mass is 406 g/mol. The third-order valence-electron chi connectivity index (χ3n) is 4.14. The zero-order valence-corrected chi connectivity index (χ0v) is 19.8. The van der Waals surface area contributed by atoms with E-state index in [-0.39, 0.29) is 0 Å². The number of hydrogen-bond donors (Lipinski definition) is 2. The summed E-state index contributed by atoms with van der Waals surface area (Å²) in [5.41, 5.74) is 4.50. The molecule has 28 heavy (non-hydrogen) atoms. The Kier molecular flexibility index (Phi) is 41.8. The van der Waals surface area contributed by atoms with Gasteiger partial charge in [-0.25, -0.2) is 5.90 Å². The van der Waals surface area contributed by atoms with Crippen LogP contribution in [0.5, 0.6) is 0 Å². The molecule has 2 aliphatic rings. The molecule has 0 heterocycles. The van der Waals surface area contributed by atoms with Crippen LogP contribution in [-0.4, -0.2) is 39.4 Å². The molecule has 2 aliphatic carbocycles. The van der Waals surface area contributed by atoms with Crippen molar-refractivity contribution in [3.63, 3.8) is 0 Å². The maximum absolute atomic E-state index is 10.4. The van der Waals surface area contributed by atoms with E-state index in [0.717, 1.165) is 31.7 Å². The van der Waals surface area contributed by atoms with Gasteiger partial charge in [-0.1, -0.05) is 53.4 Å². The lowest BCUT2D eigenvalue weighted by atomic mass is 9.83. The summed E-state index contributed by atoms with van der Waals surface area (Å²) in [6.07, 6.45) is 11.8. The topological polar surface area (TPSA) is 105 Å². The van der Waals surface area contributed by atoms with Gasteiger partial charge in [-0.2, -0.15) is 0 Å². The summed E-state index contributed by atoms with van der Waals surface area (Å²) >= 11 is 0. The molecule has 2 saturated carbocycles. The molecule has 2 fully saturated rings. The molecule has 0 aromatic carbocycles. The van der Waals surface area contributed by atoms with Crippen LogP contribution in [0, 0.1) is 11.8 Å². The molecular formula is C22H50N2O4. The fraction of sp³-hybridized carbons (Fsp3) is 0.909. The van der Waals surface area contributed by atoms with Gasteiger partial charge in [0.15, 0.2) is 0 Å². The highest BCUT2D eigenvalue weighted by molar-refractivity contribution is 5.78. The summed E-state index contributed by atoms with van der Waals surface area (Å²) in [4.78, 5) is 24.2. The fourth-order valence-electron chi connectivity index (χ4n) is 2.55. The second-order valence-corrected chi connectivity index (χ2v) is 6.01. The Balaban J connectivity index is -0.000000153. The molecule has 0 atom stereocenters. The number of nitrogens with two attached hydrogens (primary N) is 2. The number of aldehydes is 1. The summed E-state index contributed by atoms with van der Waals surface area (Å²) in [7, 11) is 2.90. The standard InChI is InChI=1S/C10H18O2.C6H10O.2C2H6.CH5NO.CH5N/c11-7-4-8-12-9-10-5-2-1-3-6-10;1-5(7)6-3-2-4-6;2*1-2;1-3-2;1-2/h7,10H,1-6,8-9H2;6H,2-4H2,1H3;2*1-2H3;2H2,1H3;2H2,1H3. The number of ether oxygens (including phenoxy) is 1. The number of Topliss-reactive ketones (excluding diaryl/α,β-unsaturated/α-hetero) is 1. The first-order chi connectivity index (χ1) is 13.7. The second-order valence-electron chi connectivity index (χ2n) is 6.01. The second kappa shape index (κ2) is 33.7. The molecule has 0 bridgehead atoms. The molecule has 0 unspecified atom stereocenters. The van der Waals surface area contributed by atoms with Crippen LogP contribution in [0.4, 0.5) is 0 Å². The number of rotatable bonds is 6. The third kappa shape index (κ3) is 27.4. The van der Waals surface area contributed by atoms with Crippen molar-refractivity contribution in [2.45, 2.75) is 92.4 Å². The van der Waals surface area contributed by atoms with E-state index in [1.807, 2.05) is 27.7 Å². The lowest BCUT2D eigenvalue weighted by Gasteiger charge is -2.21. The highest BCUT2D eigenvalue weighted by Gasteiger charge is 2.20. The van der Waals surface area contributed by atoms with E-state index in [0.29, 0.717) is 24.7 Å². The van der Waals surface area contributed by atoms with E-state index in [9.17, 15) is 9.59 Å².